The molecule has 1 saturated heterocycles. The Morgan fingerprint density at radius 1 is 1.14 bits per heavy atom. The van der Waals surface area contributed by atoms with Gasteiger partial charge in [0.15, 0.2) is 0 Å². The number of nitrogens with one attached hydrogen (secondary N) is 2. The molecule has 0 radical (unpaired) electrons. The molecule has 5 nitrogen and oxygen atoms in total. The van der Waals surface area contributed by atoms with Crippen molar-refractivity contribution in [2.75, 3.05) is 20.6 Å². The van der Waals surface area contributed by atoms with Crippen LogP contribution in [0.15, 0.2) is 0 Å². The summed E-state index contributed by atoms with van der Waals surface area (Å²) in [6.45, 7) is 0.466. The van der Waals surface area contributed by atoms with Gasteiger partial charge in [-0.25, -0.2) is 0 Å². The van der Waals surface area contributed by atoms with Gasteiger partial charge >= 0.3 is 0 Å². The van der Waals surface area contributed by atoms with Gasteiger partial charge in [0.1, 0.15) is 6.23 Å². The molecular weight excluding hydrogens is 278 g/mol. The van der Waals surface area contributed by atoms with Gasteiger partial charge < -0.3 is 15.3 Å². The summed E-state index contributed by atoms with van der Waals surface area (Å²) < 4.78 is 0. The fraction of sp³-hybridized carbons (Fsp3) is 0.941. The number of aliphatic hydroxyl groups is 1. The SMILES string of the molecule is CN(C)CC(=O)NC1CCC2NC(O)C3CCCCC3C2C1. The van der Waals surface area contributed by atoms with Crippen LogP contribution in [0.25, 0.3) is 0 Å². The monoisotopic (exact) mass is 309 g/mol. The van der Waals surface area contributed by atoms with Gasteiger partial charge in [-0.15, -0.1) is 0 Å². The highest BCUT2D eigenvalue weighted by atomic mass is 16.3. The Balaban J connectivity index is 1.61. The fourth-order valence-corrected chi connectivity index (χ4v) is 5.03. The van der Waals surface area contributed by atoms with Crippen molar-refractivity contribution in [3.8, 4) is 0 Å². The second-order valence-electron chi connectivity index (χ2n) is 7.81. The van der Waals surface area contributed by atoms with E-state index < -0.39 is 0 Å². The number of amides is 1. The molecular formula is C17H31N3O2. The molecule has 0 bridgehead atoms. The van der Waals surface area contributed by atoms with E-state index in [1.807, 2.05) is 19.0 Å². The van der Waals surface area contributed by atoms with Crippen molar-refractivity contribution in [2.45, 2.75) is 63.3 Å². The normalized spacial score (nSPS) is 41.6. The van der Waals surface area contributed by atoms with E-state index in [0.29, 0.717) is 36.4 Å². The van der Waals surface area contributed by atoms with Crippen LogP contribution in [-0.2, 0) is 4.79 Å². The van der Waals surface area contributed by atoms with E-state index in [4.69, 9.17) is 0 Å². The van der Waals surface area contributed by atoms with E-state index >= 15 is 0 Å². The van der Waals surface area contributed by atoms with Gasteiger partial charge in [0.2, 0.25) is 5.91 Å². The van der Waals surface area contributed by atoms with Crippen molar-refractivity contribution < 1.29 is 9.90 Å². The average molecular weight is 309 g/mol. The number of carbonyl (C=O) groups excluding carboxylic acids is 1. The highest BCUT2D eigenvalue weighted by molar-refractivity contribution is 5.78. The summed E-state index contributed by atoms with van der Waals surface area (Å²) in [6, 6.07) is 0.754. The number of rotatable bonds is 3. The summed E-state index contributed by atoms with van der Waals surface area (Å²) in [5.74, 6) is 1.82. The van der Waals surface area contributed by atoms with Crippen LogP contribution in [0.1, 0.15) is 44.9 Å². The molecule has 6 atom stereocenters. The Morgan fingerprint density at radius 3 is 2.59 bits per heavy atom. The van der Waals surface area contributed by atoms with Gasteiger partial charge in [0.05, 0.1) is 6.54 Å². The minimum atomic E-state index is -0.313. The molecule has 0 aromatic heterocycles. The van der Waals surface area contributed by atoms with Crippen LogP contribution < -0.4 is 10.6 Å². The molecule has 3 rings (SSSR count). The maximum atomic E-state index is 12.0. The first kappa shape index (κ1) is 16.2. The number of carbonyl (C=O) groups is 1. The van der Waals surface area contributed by atoms with Gasteiger partial charge in [-0.1, -0.05) is 12.8 Å². The van der Waals surface area contributed by atoms with E-state index in [1.165, 1.54) is 19.3 Å². The lowest BCUT2D eigenvalue weighted by Crippen LogP contribution is -2.61. The van der Waals surface area contributed by atoms with Crippen LogP contribution in [0.4, 0.5) is 0 Å². The highest BCUT2D eigenvalue weighted by Gasteiger charge is 2.46. The van der Waals surface area contributed by atoms with E-state index in [1.54, 1.807) is 0 Å². The Hall–Kier alpha value is -0.650. The van der Waals surface area contributed by atoms with Crippen LogP contribution >= 0.6 is 0 Å². The lowest BCUT2D eigenvalue weighted by molar-refractivity contribution is -0.123. The van der Waals surface area contributed by atoms with Crippen molar-refractivity contribution in [1.29, 1.82) is 0 Å². The molecule has 22 heavy (non-hydrogen) atoms. The minimum absolute atomic E-state index is 0.137. The van der Waals surface area contributed by atoms with Crippen molar-refractivity contribution in [3.63, 3.8) is 0 Å². The largest absolute Gasteiger partial charge is 0.378 e. The molecule has 3 N–H and O–H groups in total. The molecule has 2 aliphatic carbocycles. The average Bonchev–Trinajstić information content (AvgIpc) is 2.47. The molecule has 6 unspecified atom stereocenters. The number of fused-ring (bicyclic) bond motifs is 3. The first-order chi connectivity index (χ1) is 10.5. The minimum Gasteiger partial charge on any atom is -0.378 e. The summed E-state index contributed by atoms with van der Waals surface area (Å²) in [6.07, 6.45) is 7.81. The van der Waals surface area contributed by atoms with Gasteiger partial charge in [0, 0.05) is 18.0 Å². The Labute approximate surface area is 133 Å². The summed E-state index contributed by atoms with van der Waals surface area (Å²) in [5.41, 5.74) is 0. The summed E-state index contributed by atoms with van der Waals surface area (Å²) in [7, 11) is 3.85. The predicted octanol–water partition coefficient (Wildman–Crippen LogP) is 0.930. The molecule has 126 valence electrons. The molecule has 3 fully saturated rings. The van der Waals surface area contributed by atoms with Crippen LogP contribution in [0.5, 0.6) is 0 Å². The van der Waals surface area contributed by atoms with E-state index in [0.717, 1.165) is 25.7 Å². The van der Waals surface area contributed by atoms with Crippen molar-refractivity contribution >= 4 is 5.91 Å². The first-order valence-electron chi connectivity index (χ1n) is 8.93. The summed E-state index contributed by atoms with van der Waals surface area (Å²) >= 11 is 0. The molecule has 0 aromatic rings. The molecule has 1 heterocycles. The predicted molar refractivity (Wildman–Crippen MR) is 86.2 cm³/mol. The van der Waals surface area contributed by atoms with E-state index in [9.17, 15) is 9.90 Å². The Bertz CT molecular complexity index is 401. The van der Waals surface area contributed by atoms with Crippen LogP contribution in [0, 0.1) is 17.8 Å². The Kier molecular flexibility index (Phi) is 5.05. The molecule has 5 heteroatoms. The van der Waals surface area contributed by atoms with Crippen molar-refractivity contribution in [1.82, 2.24) is 15.5 Å². The number of hydrogen-bond donors (Lipinski definition) is 3. The zero-order chi connectivity index (χ0) is 15.7. The van der Waals surface area contributed by atoms with Crippen LogP contribution in [0.2, 0.25) is 0 Å². The molecule has 1 aliphatic heterocycles. The highest BCUT2D eigenvalue weighted by Crippen LogP contribution is 2.45. The fourth-order valence-electron chi connectivity index (χ4n) is 5.03. The van der Waals surface area contributed by atoms with Crippen LogP contribution in [-0.4, -0.2) is 54.9 Å². The summed E-state index contributed by atoms with van der Waals surface area (Å²) in [5, 5.41) is 17.0. The zero-order valence-electron chi connectivity index (χ0n) is 13.9. The van der Waals surface area contributed by atoms with Gasteiger partial charge in [-0.3, -0.25) is 10.1 Å². The third-order valence-electron chi connectivity index (χ3n) is 5.94. The van der Waals surface area contributed by atoms with Gasteiger partial charge in [0.25, 0.3) is 0 Å². The van der Waals surface area contributed by atoms with Crippen LogP contribution in [0.3, 0.4) is 0 Å². The molecule has 2 saturated carbocycles. The Morgan fingerprint density at radius 2 is 1.86 bits per heavy atom. The third kappa shape index (κ3) is 3.47. The topological polar surface area (TPSA) is 64.6 Å². The number of nitrogens with zero attached hydrogens (tertiary/aromatic N) is 1. The quantitative estimate of drug-likeness (QED) is 0.726. The molecule has 0 spiro atoms. The second kappa shape index (κ2) is 6.85. The lowest BCUT2D eigenvalue weighted by atomic mass is 9.62. The zero-order valence-corrected chi connectivity index (χ0v) is 13.9. The molecule has 3 aliphatic rings. The van der Waals surface area contributed by atoms with Crippen molar-refractivity contribution in [2.24, 2.45) is 17.8 Å². The van der Waals surface area contributed by atoms with E-state index in [-0.39, 0.29) is 12.1 Å². The van der Waals surface area contributed by atoms with Crippen molar-refractivity contribution in [3.05, 3.63) is 0 Å². The molecule has 0 aromatic carbocycles. The summed E-state index contributed by atoms with van der Waals surface area (Å²) in [4.78, 5) is 13.9. The number of likely N-dealkylation sites (N-methyl/N-ethyl adjacent to an activating group) is 1. The maximum Gasteiger partial charge on any atom is 0.234 e. The van der Waals surface area contributed by atoms with Gasteiger partial charge in [-0.2, -0.15) is 0 Å². The smallest absolute Gasteiger partial charge is 0.234 e. The van der Waals surface area contributed by atoms with E-state index in [2.05, 4.69) is 10.6 Å². The maximum absolute atomic E-state index is 12.0. The van der Waals surface area contributed by atoms with Gasteiger partial charge in [-0.05, 0) is 58.0 Å². The number of aliphatic hydroxyl groups excluding tert-OH is 1. The first-order valence-corrected chi connectivity index (χ1v) is 8.93. The number of hydrogen-bond acceptors (Lipinski definition) is 4. The number of piperidine rings is 1. The molecule has 1 amide bonds. The second-order valence-corrected chi connectivity index (χ2v) is 7.81. The lowest BCUT2D eigenvalue weighted by Gasteiger charge is -2.52. The standard InChI is InChI=1S/C17H31N3O2/c1-20(2)10-16(21)18-11-7-8-15-14(9-11)12-5-3-4-6-13(12)17(22)19-15/h11-15,17,19,22H,3-10H2,1-2H3,(H,18,21). The third-order valence-corrected chi connectivity index (χ3v) is 5.94.